The molecule has 0 heterocycles. The minimum absolute atomic E-state index is 0. The second kappa shape index (κ2) is 19.8. The van der Waals surface area contributed by atoms with E-state index in [2.05, 4.69) is 6.92 Å². The van der Waals surface area contributed by atoms with E-state index in [0.717, 1.165) is 19.3 Å². The van der Waals surface area contributed by atoms with Gasteiger partial charge in [0.1, 0.15) is 10.1 Å². The summed E-state index contributed by atoms with van der Waals surface area (Å²) in [6, 6.07) is 0. The van der Waals surface area contributed by atoms with Crippen molar-refractivity contribution in [2.45, 2.75) is 141 Å². The molecule has 0 aromatic carbocycles. The topological polar surface area (TPSA) is 77.4 Å². The Labute approximate surface area is 197 Å². The summed E-state index contributed by atoms with van der Waals surface area (Å²) in [6.45, 7) is 4.04. The SMILES string of the molecule is CCCCCCCCCCCCCCCCCCC(O)(CCC)S(=O)(=O)[O-].[Na+]. The van der Waals surface area contributed by atoms with Gasteiger partial charge in [0.2, 0.25) is 0 Å². The average Bonchev–Trinajstić information content (AvgIpc) is 2.60. The quantitative estimate of drug-likeness (QED) is 0.182. The maximum Gasteiger partial charge on any atom is 1.00 e. The first-order valence-corrected chi connectivity index (χ1v) is 13.0. The Morgan fingerprint density at radius 3 is 1.21 bits per heavy atom. The van der Waals surface area contributed by atoms with Crippen molar-refractivity contribution in [1.29, 1.82) is 0 Å². The third-order valence-corrected chi connectivity index (χ3v) is 6.87. The molecule has 0 aliphatic heterocycles. The zero-order valence-corrected chi connectivity index (χ0v) is 21.8. The Morgan fingerprint density at radius 1 is 0.607 bits per heavy atom. The monoisotopic (exact) mass is 428 g/mol. The molecule has 4 nitrogen and oxygen atoms in total. The van der Waals surface area contributed by atoms with E-state index >= 15 is 0 Å². The molecule has 0 radical (unpaired) electrons. The fourth-order valence-electron chi connectivity index (χ4n) is 3.71. The minimum atomic E-state index is -4.64. The van der Waals surface area contributed by atoms with Crippen molar-refractivity contribution >= 4 is 10.1 Å². The average molecular weight is 429 g/mol. The summed E-state index contributed by atoms with van der Waals surface area (Å²) < 4.78 is 33.7. The normalized spacial score (nSPS) is 13.9. The van der Waals surface area contributed by atoms with Gasteiger partial charge in [0.15, 0.2) is 4.93 Å². The molecule has 1 unspecified atom stereocenters. The van der Waals surface area contributed by atoms with Crippen LogP contribution in [0.2, 0.25) is 0 Å². The summed E-state index contributed by atoms with van der Waals surface area (Å²) >= 11 is 0. The predicted molar refractivity (Wildman–Crippen MR) is 114 cm³/mol. The van der Waals surface area contributed by atoms with E-state index in [9.17, 15) is 18.1 Å². The van der Waals surface area contributed by atoms with Crippen LogP contribution in [-0.2, 0) is 10.1 Å². The van der Waals surface area contributed by atoms with Crippen molar-refractivity contribution in [1.82, 2.24) is 0 Å². The van der Waals surface area contributed by atoms with Crippen LogP contribution in [0.3, 0.4) is 0 Å². The molecule has 0 spiro atoms. The van der Waals surface area contributed by atoms with Gasteiger partial charge in [0, 0.05) is 0 Å². The van der Waals surface area contributed by atoms with E-state index in [1.165, 1.54) is 77.0 Å². The van der Waals surface area contributed by atoms with Gasteiger partial charge in [-0.25, -0.2) is 8.42 Å². The second-order valence-corrected chi connectivity index (χ2v) is 9.87. The Bertz CT molecular complexity index is 428. The molecule has 0 fully saturated rings. The summed E-state index contributed by atoms with van der Waals surface area (Å²) in [4.78, 5) is -2.06. The third kappa shape index (κ3) is 16.6. The van der Waals surface area contributed by atoms with Crippen LogP contribution in [0, 0.1) is 0 Å². The molecular formula is C22H45NaO4S. The van der Waals surface area contributed by atoms with Crippen LogP contribution in [0.15, 0.2) is 0 Å². The molecule has 1 atom stereocenters. The van der Waals surface area contributed by atoms with Crippen LogP contribution in [0.4, 0.5) is 0 Å². The predicted octanol–water partition coefficient (Wildman–Crippen LogP) is 3.68. The summed E-state index contributed by atoms with van der Waals surface area (Å²) in [5.41, 5.74) is 0. The maximum atomic E-state index is 11.2. The first-order chi connectivity index (χ1) is 12.9. The molecule has 1 N–H and O–H groups in total. The van der Waals surface area contributed by atoms with Crippen LogP contribution >= 0.6 is 0 Å². The Balaban J connectivity index is 0. The molecule has 0 aliphatic rings. The fraction of sp³-hybridized carbons (Fsp3) is 1.00. The van der Waals surface area contributed by atoms with Gasteiger partial charge in [-0.05, 0) is 19.3 Å². The van der Waals surface area contributed by atoms with Gasteiger partial charge in [-0.3, -0.25) is 0 Å². The Morgan fingerprint density at radius 2 is 0.929 bits per heavy atom. The molecule has 28 heavy (non-hydrogen) atoms. The van der Waals surface area contributed by atoms with Crippen molar-refractivity contribution in [3.8, 4) is 0 Å². The number of aliphatic hydroxyl groups is 1. The molecular weight excluding hydrogens is 383 g/mol. The van der Waals surface area contributed by atoms with Gasteiger partial charge in [0.05, 0.1) is 0 Å². The number of hydrogen-bond donors (Lipinski definition) is 1. The van der Waals surface area contributed by atoms with Crippen molar-refractivity contribution in [2.24, 2.45) is 0 Å². The maximum absolute atomic E-state index is 11.2. The molecule has 6 heteroatoms. The zero-order chi connectivity index (χ0) is 20.4. The molecule has 0 aromatic rings. The van der Waals surface area contributed by atoms with E-state index in [-0.39, 0.29) is 42.4 Å². The minimum Gasteiger partial charge on any atom is -0.746 e. The van der Waals surface area contributed by atoms with Gasteiger partial charge in [-0.1, -0.05) is 117 Å². The van der Waals surface area contributed by atoms with Gasteiger partial charge in [-0.15, -0.1) is 0 Å². The molecule has 0 saturated carbocycles. The molecule has 0 aliphatic carbocycles. The number of hydrogen-bond acceptors (Lipinski definition) is 4. The van der Waals surface area contributed by atoms with Crippen molar-refractivity contribution in [2.75, 3.05) is 0 Å². The standard InChI is InChI=1S/C22H46O4S.Na/c1-3-5-6-7-8-9-10-11-12-13-14-15-16-17-18-19-21-22(23,20-4-2)27(24,25)26;/h23H,3-21H2,1-2H3,(H,24,25,26);/q;+1/p-1. The van der Waals surface area contributed by atoms with Crippen LogP contribution in [-0.4, -0.2) is 23.0 Å². The van der Waals surface area contributed by atoms with E-state index in [4.69, 9.17) is 0 Å². The molecule has 0 aromatic heterocycles. The summed E-state index contributed by atoms with van der Waals surface area (Å²) in [5.74, 6) is 0. The van der Waals surface area contributed by atoms with Crippen molar-refractivity contribution < 1.29 is 47.6 Å². The second-order valence-electron chi connectivity index (χ2n) is 8.20. The van der Waals surface area contributed by atoms with Crippen LogP contribution in [0.5, 0.6) is 0 Å². The van der Waals surface area contributed by atoms with E-state index < -0.39 is 15.1 Å². The first-order valence-electron chi connectivity index (χ1n) is 11.5. The largest absolute Gasteiger partial charge is 1.00 e. The summed E-state index contributed by atoms with van der Waals surface area (Å²) in [7, 11) is -4.64. The van der Waals surface area contributed by atoms with Crippen LogP contribution < -0.4 is 29.6 Å². The van der Waals surface area contributed by atoms with Gasteiger partial charge < -0.3 is 9.66 Å². The Hall–Kier alpha value is 0.870. The molecule has 164 valence electrons. The summed E-state index contributed by atoms with van der Waals surface area (Å²) in [6.07, 6.45) is 20.6. The zero-order valence-electron chi connectivity index (χ0n) is 19.0. The van der Waals surface area contributed by atoms with E-state index in [1.807, 2.05) is 0 Å². The smallest absolute Gasteiger partial charge is 0.746 e. The van der Waals surface area contributed by atoms with Crippen LogP contribution in [0.1, 0.15) is 136 Å². The molecule has 0 saturated heterocycles. The van der Waals surface area contributed by atoms with Gasteiger partial charge >= 0.3 is 29.6 Å². The van der Waals surface area contributed by atoms with Gasteiger partial charge in [-0.2, -0.15) is 0 Å². The fourth-order valence-corrected chi connectivity index (χ4v) is 4.56. The van der Waals surface area contributed by atoms with E-state index in [1.54, 1.807) is 6.92 Å². The van der Waals surface area contributed by atoms with Crippen molar-refractivity contribution in [3.63, 3.8) is 0 Å². The molecule has 0 amide bonds. The van der Waals surface area contributed by atoms with Crippen molar-refractivity contribution in [3.05, 3.63) is 0 Å². The number of rotatable bonds is 20. The third-order valence-electron chi connectivity index (χ3n) is 5.53. The van der Waals surface area contributed by atoms with Crippen LogP contribution in [0.25, 0.3) is 0 Å². The number of unbranched alkanes of at least 4 members (excludes halogenated alkanes) is 15. The summed E-state index contributed by atoms with van der Waals surface area (Å²) in [5, 5.41) is 10.1. The Kier molecular flexibility index (Phi) is 22.0. The van der Waals surface area contributed by atoms with Gasteiger partial charge in [0.25, 0.3) is 0 Å². The molecule has 0 rings (SSSR count). The molecule has 0 bridgehead atoms. The van der Waals surface area contributed by atoms with E-state index in [0.29, 0.717) is 12.8 Å². The first kappa shape index (κ1) is 31.1.